The van der Waals surface area contributed by atoms with Crippen molar-refractivity contribution in [2.45, 2.75) is 26.7 Å². The maximum atomic E-state index is 12.0. The first-order valence-corrected chi connectivity index (χ1v) is 13.6. The molecule has 0 heterocycles. The smallest absolute Gasteiger partial charge is 1.00 e. The SMILES string of the molecule is OB(O)Oc1ccc(CF)cc1.OB(O)Oc1ccc(CF)cc1.OB(O)Oc1ccc(CF)cc1.OB(O)Oc1ccc(CF)cc1.[H-].[Rb+]. The van der Waals surface area contributed by atoms with E-state index in [4.69, 9.17) is 40.2 Å². The first-order chi connectivity index (χ1) is 22.9. The first-order valence-electron chi connectivity index (χ1n) is 13.6. The van der Waals surface area contributed by atoms with E-state index >= 15 is 0 Å². The van der Waals surface area contributed by atoms with Crippen LogP contribution < -0.4 is 76.8 Å². The van der Waals surface area contributed by atoms with E-state index in [9.17, 15) is 17.6 Å². The molecule has 0 aromatic heterocycles. The molecule has 0 spiro atoms. The molecule has 0 radical (unpaired) electrons. The quantitative estimate of drug-likeness (QED) is 0.0657. The van der Waals surface area contributed by atoms with Gasteiger partial charge < -0.3 is 60.2 Å². The number of halogens is 4. The van der Waals surface area contributed by atoms with Crippen molar-refractivity contribution in [2.24, 2.45) is 0 Å². The molecule has 0 aliphatic heterocycles. The largest absolute Gasteiger partial charge is 1.00 e. The molecule has 0 aliphatic rings. The Morgan fingerprint density at radius 2 is 0.490 bits per heavy atom. The summed E-state index contributed by atoms with van der Waals surface area (Å²) in [6, 6.07) is 23.8. The monoisotopic (exact) mass is 766 g/mol. The van der Waals surface area contributed by atoms with Gasteiger partial charge >= 0.3 is 87.5 Å². The van der Waals surface area contributed by atoms with Crippen LogP contribution in [-0.2, 0) is 26.7 Å². The van der Waals surface area contributed by atoms with Gasteiger partial charge in [-0.3, -0.25) is 0 Å². The van der Waals surface area contributed by atoms with Crippen molar-refractivity contribution in [1.82, 2.24) is 0 Å². The summed E-state index contributed by atoms with van der Waals surface area (Å²) >= 11 is 0. The van der Waals surface area contributed by atoms with Crippen LogP contribution in [0.15, 0.2) is 97.1 Å². The zero-order valence-corrected chi connectivity index (χ0v) is 31.0. The van der Waals surface area contributed by atoms with Gasteiger partial charge in [-0.1, -0.05) is 48.5 Å². The molecule has 0 fully saturated rings. The molecular weight excluding hydrogens is 733 g/mol. The Hall–Kier alpha value is -2.46. The van der Waals surface area contributed by atoms with Gasteiger partial charge in [-0.25, -0.2) is 17.6 Å². The van der Waals surface area contributed by atoms with Gasteiger partial charge in [-0.15, -0.1) is 0 Å². The molecular formula is C28H33B4F4O12Rb. The average molecular weight is 766 g/mol. The minimum Gasteiger partial charge on any atom is -1.00 e. The van der Waals surface area contributed by atoms with Crippen LogP contribution in [0, 0.1) is 0 Å². The summed E-state index contributed by atoms with van der Waals surface area (Å²) in [5.41, 5.74) is 2.09. The van der Waals surface area contributed by atoms with E-state index in [1.807, 2.05) is 0 Å². The summed E-state index contributed by atoms with van der Waals surface area (Å²) in [6.45, 7) is -2.16. The molecule has 4 rings (SSSR count). The summed E-state index contributed by atoms with van der Waals surface area (Å²) in [7, 11) is -7.33. The average Bonchev–Trinajstić information content (AvgIpc) is 3.06. The van der Waals surface area contributed by atoms with Crippen LogP contribution >= 0.6 is 0 Å². The fourth-order valence-corrected chi connectivity index (χ4v) is 3.12. The minimum atomic E-state index is -1.83. The summed E-state index contributed by atoms with van der Waals surface area (Å²) < 4.78 is 65.9. The second kappa shape index (κ2) is 27.3. The maximum absolute atomic E-state index is 12.0. The second-order valence-corrected chi connectivity index (χ2v) is 8.89. The molecule has 4 aromatic rings. The van der Waals surface area contributed by atoms with E-state index in [0.29, 0.717) is 45.3 Å². The van der Waals surface area contributed by atoms with Crippen LogP contribution in [0.25, 0.3) is 0 Å². The van der Waals surface area contributed by atoms with Gasteiger partial charge in [0.05, 0.1) is 0 Å². The van der Waals surface area contributed by atoms with Crippen LogP contribution in [0.3, 0.4) is 0 Å². The Morgan fingerprint density at radius 1 is 0.347 bits per heavy atom. The first kappa shape index (κ1) is 46.5. The van der Waals surface area contributed by atoms with E-state index in [1.54, 1.807) is 0 Å². The molecule has 258 valence electrons. The van der Waals surface area contributed by atoms with Crippen molar-refractivity contribution < 1.29 is 136 Å². The molecule has 0 amide bonds. The summed E-state index contributed by atoms with van der Waals surface area (Å²) in [5.74, 6) is 1.17. The van der Waals surface area contributed by atoms with Gasteiger partial charge in [-0.2, -0.15) is 0 Å². The predicted molar refractivity (Wildman–Crippen MR) is 169 cm³/mol. The standard InChI is InChI=1S/4C7H8BFO3.Rb.H/c4*9-5-6-1-3-7(4-2-6)12-8(10)11;;/h4*1-4,10-11H,5H2;;/q;;;;+1;-1. The van der Waals surface area contributed by atoms with Gasteiger partial charge in [0.2, 0.25) is 0 Å². The molecule has 49 heavy (non-hydrogen) atoms. The molecule has 0 unspecified atom stereocenters. The minimum absolute atomic E-state index is 0. The maximum Gasteiger partial charge on any atom is 1.00 e. The van der Waals surface area contributed by atoms with Gasteiger partial charge in [0.1, 0.15) is 49.7 Å². The zero-order valence-electron chi connectivity index (χ0n) is 27.1. The van der Waals surface area contributed by atoms with Crippen molar-refractivity contribution in [2.75, 3.05) is 0 Å². The van der Waals surface area contributed by atoms with E-state index in [1.165, 1.54) is 97.1 Å². The molecule has 0 aliphatic carbocycles. The number of rotatable bonds is 12. The molecule has 0 bridgehead atoms. The van der Waals surface area contributed by atoms with E-state index < -0.39 is 56.0 Å². The second-order valence-electron chi connectivity index (χ2n) is 8.89. The molecule has 0 atom stereocenters. The predicted octanol–water partition coefficient (Wildman–Crippen LogP) is -0.866. The fourth-order valence-electron chi connectivity index (χ4n) is 3.12. The third-order valence-corrected chi connectivity index (χ3v) is 5.28. The van der Waals surface area contributed by atoms with Gasteiger partial charge in [0, 0.05) is 0 Å². The Balaban J connectivity index is 0. The Kier molecular flexibility index (Phi) is 25.9. The van der Waals surface area contributed by atoms with Crippen molar-refractivity contribution in [1.29, 1.82) is 0 Å². The molecule has 0 saturated heterocycles. The number of hydrogen-bond acceptors (Lipinski definition) is 12. The van der Waals surface area contributed by atoms with Gasteiger partial charge in [-0.05, 0) is 70.8 Å². The summed E-state index contributed by atoms with van der Waals surface area (Å²) in [4.78, 5) is 0. The molecule has 12 nitrogen and oxygen atoms in total. The third kappa shape index (κ3) is 22.8. The molecule has 0 saturated carbocycles. The van der Waals surface area contributed by atoms with Crippen molar-refractivity contribution in [3.63, 3.8) is 0 Å². The van der Waals surface area contributed by atoms with Crippen molar-refractivity contribution in [3.8, 4) is 23.0 Å². The van der Waals surface area contributed by atoms with Crippen LogP contribution in [-0.4, -0.2) is 69.5 Å². The van der Waals surface area contributed by atoms with Crippen LogP contribution in [0.4, 0.5) is 17.6 Å². The molecule has 21 heteroatoms. The topological polar surface area (TPSA) is 199 Å². The zero-order chi connectivity index (χ0) is 35.9. The Morgan fingerprint density at radius 3 is 0.592 bits per heavy atom. The van der Waals surface area contributed by atoms with Crippen molar-refractivity contribution >= 4 is 29.3 Å². The van der Waals surface area contributed by atoms with E-state index in [2.05, 4.69) is 18.6 Å². The fraction of sp³-hybridized carbons (Fsp3) is 0.143. The van der Waals surface area contributed by atoms with Gasteiger partial charge in [0.25, 0.3) is 0 Å². The molecule has 4 aromatic carbocycles. The van der Waals surface area contributed by atoms with E-state index in [0.717, 1.165) is 0 Å². The number of alkyl halides is 4. The summed E-state index contributed by atoms with van der Waals surface area (Å²) in [5, 5.41) is 67.1. The van der Waals surface area contributed by atoms with Crippen molar-refractivity contribution in [3.05, 3.63) is 119 Å². The van der Waals surface area contributed by atoms with Crippen LogP contribution in [0.1, 0.15) is 23.7 Å². The number of benzene rings is 4. The van der Waals surface area contributed by atoms with Gasteiger partial charge in [0.15, 0.2) is 0 Å². The van der Waals surface area contributed by atoms with Crippen LogP contribution in [0.2, 0.25) is 0 Å². The third-order valence-electron chi connectivity index (χ3n) is 5.28. The normalized spacial score (nSPS) is 9.39. The summed E-state index contributed by atoms with van der Waals surface area (Å²) in [6.07, 6.45) is 0. The van der Waals surface area contributed by atoms with E-state index in [-0.39, 0.29) is 59.6 Å². The Labute approximate surface area is 331 Å². The molecule has 8 N–H and O–H groups in total. The van der Waals surface area contributed by atoms with Crippen LogP contribution in [0.5, 0.6) is 23.0 Å². The number of hydrogen-bond donors (Lipinski definition) is 8. The Bertz CT molecular complexity index is 1180.